The number of halogens is 1. The highest BCUT2D eigenvalue weighted by Gasteiger charge is 2.12. The van der Waals surface area contributed by atoms with Gasteiger partial charge in [-0.05, 0) is 19.1 Å². The summed E-state index contributed by atoms with van der Waals surface area (Å²) < 4.78 is 1.43. The summed E-state index contributed by atoms with van der Waals surface area (Å²) in [7, 11) is 0. The van der Waals surface area contributed by atoms with Crippen LogP contribution in [0.4, 0.5) is 5.95 Å². The number of nitrogen functional groups attached to an aromatic ring is 1. The van der Waals surface area contributed by atoms with Crippen LogP contribution in [-0.2, 0) is 6.54 Å². The van der Waals surface area contributed by atoms with Gasteiger partial charge in [0.25, 0.3) is 0 Å². The molecule has 0 atom stereocenters. The summed E-state index contributed by atoms with van der Waals surface area (Å²) in [5.41, 5.74) is 2.51. The van der Waals surface area contributed by atoms with Gasteiger partial charge in [-0.1, -0.05) is 23.7 Å². The molecule has 1 aromatic heterocycles. The lowest BCUT2D eigenvalue weighted by atomic mass is 10.2. The fourth-order valence-corrected chi connectivity index (χ4v) is 1.85. The SMILES string of the molecule is CCn1c(-c2ccccc2Cl)nc(NN)nc1=O. The van der Waals surface area contributed by atoms with Crippen molar-refractivity contribution in [2.45, 2.75) is 13.5 Å². The first-order chi connectivity index (χ1) is 8.67. The topological polar surface area (TPSA) is 85.8 Å². The molecule has 0 saturated carbocycles. The van der Waals surface area contributed by atoms with Crippen molar-refractivity contribution in [3.05, 3.63) is 39.8 Å². The van der Waals surface area contributed by atoms with Crippen LogP contribution in [0.5, 0.6) is 0 Å². The first kappa shape index (κ1) is 12.5. The Bertz CT molecular complexity index is 625. The van der Waals surface area contributed by atoms with Gasteiger partial charge in [0.2, 0.25) is 5.95 Å². The van der Waals surface area contributed by atoms with Gasteiger partial charge in [0.1, 0.15) is 5.82 Å². The van der Waals surface area contributed by atoms with Crippen LogP contribution in [0.3, 0.4) is 0 Å². The number of hydrogen-bond donors (Lipinski definition) is 2. The Hall–Kier alpha value is -1.92. The van der Waals surface area contributed by atoms with E-state index >= 15 is 0 Å². The van der Waals surface area contributed by atoms with Crippen LogP contribution in [0.25, 0.3) is 11.4 Å². The fraction of sp³-hybridized carbons (Fsp3) is 0.182. The van der Waals surface area contributed by atoms with Crippen molar-refractivity contribution in [2.24, 2.45) is 5.84 Å². The normalized spacial score (nSPS) is 10.4. The van der Waals surface area contributed by atoms with Gasteiger partial charge < -0.3 is 0 Å². The molecule has 0 spiro atoms. The molecule has 0 radical (unpaired) electrons. The van der Waals surface area contributed by atoms with Crippen LogP contribution in [0.15, 0.2) is 29.1 Å². The average molecular weight is 266 g/mol. The molecule has 1 aromatic carbocycles. The maximum absolute atomic E-state index is 11.8. The van der Waals surface area contributed by atoms with E-state index in [9.17, 15) is 4.79 Å². The van der Waals surface area contributed by atoms with Gasteiger partial charge in [-0.15, -0.1) is 0 Å². The first-order valence-electron chi connectivity index (χ1n) is 5.37. The van der Waals surface area contributed by atoms with Crippen LogP contribution in [0.2, 0.25) is 5.02 Å². The molecule has 0 bridgehead atoms. The molecular weight excluding hydrogens is 254 g/mol. The van der Waals surface area contributed by atoms with Gasteiger partial charge in [-0.3, -0.25) is 9.99 Å². The summed E-state index contributed by atoms with van der Waals surface area (Å²) in [5.74, 6) is 5.75. The van der Waals surface area contributed by atoms with E-state index in [1.807, 2.05) is 19.1 Å². The zero-order chi connectivity index (χ0) is 13.1. The Morgan fingerprint density at radius 3 is 2.72 bits per heavy atom. The molecule has 7 heteroatoms. The Kier molecular flexibility index (Phi) is 3.59. The molecule has 2 rings (SSSR count). The lowest BCUT2D eigenvalue weighted by Crippen LogP contribution is -2.28. The number of hydrazine groups is 1. The van der Waals surface area contributed by atoms with Gasteiger partial charge in [0.05, 0.1) is 5.02 Å². The number of aromatic nitrogens is 3. The number of nitrogens with one attached hydrogen (secondary N) is 1. The van der Waals surface area contributed by atoms with Crippen LogP contribution in [0.1, 0.15) is 6.92 Å². The monoisotopic (exact) mass is 265 g/mol. The molecule has 0 amide bonds. The zero-order valence-corrected chi connectivity index (χ0v) is 10.5. The molecular formula is C11H12ClN5O. The molecule has 6 nitrogen and oxygen atoms in total. The van der Waals surface area contributed by atoms with Crippen molar-refractivity contribution in [1.29, 1.82) is 0 Å². The summed E-state index contributed by atoms with van der Waals surface area (Å²) in [5, 5.41) is 0.515. The summed E-state index contributed by atoms with van der Waals surface area (Å²) in [6, 6.07) is 7.16. The summed E-state index contributed by atoms with van der Waals surface area (Å²) in [6.07, 6.45) is 0. The second-order valence-electron chi connectivity index (χ2n) is 3.52. The summed E-state index contributed by atoms with van der Waals surface area (Å²) in [6.45, 7) is 2.28. The molecule has 94 valence electrons. The second kappa shape index (κ2) is 5.16. The molecule has 1 heterocycles. The molecule has 2 aromatic rings. The molecule has 0 aliphatic carbocycles. The Morgan fingerprint density at radius 1 is 1.39 bits per heavy atom. The van der Waals surface area contributed by atoms with E-state index in [2.05, 4.69) is 15.4 Å². The quantitative estimate of drug-likeness (QED) is 0.645. The Labute approximate surface area is 108 Å². The standard InChI is InChI=1S/C11H12ClN5O/c1-2-17-9(7-5-3-4-6-8(7)12)14-10(16-13)15-11(17)18/h3-6H,2,13H2,1H3,(H,15,16,18). The zero-order valence-electron chi connectivity index (χ0n) is 9.72. The van der Waals surface area contributed by atoms with E-state index in [0.717, 1.165) is 0 Å². The van der Waals surface area contributed by atoms with Crippen molar-refractivity contribution in [3.8, 4) is 11.4 Å². The van der Waals surface area contributed by atoms with Crippen LogP contribution >= 0.6 is 11.6 Å². The lowest BCUT2D eigenvalue weighted by molar-refractivity contribution is 0.687. The van der Waals surface area contributed by atoms with Crippen LogP contribution in [-0.4, -0.2) is 14.5 Å². The molecule has 0 aliphatic rings. The van der Waals surface area contributed by atoms with Gasteiger partial charge >= 0.3 is 5.69 Å². The number of hydrogen-bond acceptors (Lipinski definition) is 5. The molecule has 0 fully saturated rings. The van der Waals surface area contributed by atoms with Gasteiger partial charge in [0.15, 0.2) is 0 Å². The highest BCUT2D eigenvalue weighted by atomic mass is 35.5. The second-order valence-corrected chi connectivity index (χ2v) is 3.93. The average Bonchev–Trinajstić information content (AvgIpc) is 2.38. The molecule has 3 N–H and O–H groups in total. The Balaban J connectivity index is 2.73. The lowest BCUT2D eigenvalue weighted by Gasteiger charge is -2.11. The first-order valence-corrected chi connectivity index (χ1v) is 5.75. The van der Waals surface area contributed by atoms with Crippen molar-refractivity contribution in [1.82, 2.24) is 14.5 Å². The van der Waals surface area contributed by atoms with Crippen LogP contribution < -0.4 is 17.0 Å². The van der Waals surface area contributed by atoms with E-state index in [1.54, 1.807) is 12.1 Å². The van der Waals surface area contributed by atoms with Gasteiger partial charge in [-0.2, -0.15) is 9.97 Å². The number of nitrogens with two attached hydrogens (primary N) is 1. The third-order valence-electron chi connectivity index (χ3n) is 2.46. The summed E-state index contributed by atoms with van der Waals surface area (Å²) in [4.78, 5) is 19.7. The smallest absolute Gasteiger partial charge is 0.292 e. The minimum absolute atomic E-state index is 0.0691. The van der Waals surface area contributed by atoms with E-state index in [-0.39, 0.29) is 5.95 Å². The van der Waals surface area contributed by atoms with E-state index < -0.39 is 5.69 Å². The van der Waals surface area contributed by atoms with Crippen molar-refractivity contribution >= 4 is 17.5 Å². The number of rotatable bonds is 3. The van der Waals surface area contributed by atoms with E-state index in [4.69, 9.17) is 17.4 Å². The maximum Gasteiger partial charge on any atom is 0.352 e. The minimum atomic E-state index is -0.421. The maximum atomic E-state index is 11.8. The van der Waals surface area contributed by atoms with Crippen molar-refractivity contribution in [2.75, 3.05) is 5.43 Å². The molecule has 18 heavy (non-hydrogen) atoms. The third-order valence-corrected chi connectivity index (χ3v) is 2.79. The van der Waals surface area contributed by atoms with E-state index in [0.29, 0.717) is 23.0 Å². The largest absolute Gasteiger partial charge is 0.352 e. The highest BCUT2D eigenvalue weighted by molar-refractivity contribution is 6.33. The van der Waals surface area contributed by atoms with E-state index in [1.165, 1.54) is 4.57 Å². The third kappa shape index (κ3) is 2.20. The summed E-state index contributed by atoms with van der Waals surface area (Å²) >= 11 is 6.11. The van der Waals surface area contributed by atoms with Crippen molar-refractivity contribution < 1.29 is 0 Å². The molecule has 0 saturated heterocycles. The van der Waals surface area contributed by atoms with Crippen molar-refractivity contribution in [3.63, 3.8) is 0 Å². The van der Waals surface area contributed by atoms with Gasteiger partial charge in [-0.25, -0.2) is 10.6 Å². The predicted octanol–water partition coefficient (Wildman–Crippen LogP) is 1.26. The number of nitrogens with zero attached hydrogens (tertiary/aromatic N) is 3. The number of anilines is 1. The fourth-order valence-electron chi connectivity index (χ4n) is 1.62. The molecule has 0 aliphatic heterocycles. The predicted molar refractivity (Wildman–Crippen MR) is 70.2 cm³/mol. The van der Waals surface area contributed by atoms with Gasteiger partial charge in [0, 0.05) is 12.1 Å². The van der Waals surface area contributed by atoms with Crippen LogP contribution in [0, 0.1) is 0 Å². The highest BCUT2D eigenvalue weighted by Crippen LogP contribution is 2.25. The Morgan fingerprint density at radius 2 is 2.11 bits per heavy atom. The minimum Gasteiger partial charge on any atom is -0.292 e. The number of benzene rings is 1. The molecule has 0 unspecified atom stereocenters.